The molecule has 0 amide bonds. The van der Waals surface area contributed by atoms with Crippen molar-refractivity contribution in [1.29, 1.82) is 10.5 Å². The van der Waals surface area contributed by atoms with Crippen molar-refractivity contribution in [3.63, 3.8) is 0 Å². The minimum absolute atomic E-state index is 0.342. The minimum atomic E-state index is -4.51. The number of pyridine rings is 2. The van der Waals surface area contributed by atoms with Gasteiger partial charge in [-0.3, -0.25) is 4.98 Å². The molecule has 0 N–H and O–H groups in total. The molecular formula is C19H20ClF3N6O2S2. The smallest absolute Gasteiger partial charge is 0.251 e. The maximum absolute atomic E-state index is 12.3. The lowest BCUT2D eigenvalue weighted by atomic mass is 10.2. The summed E-state index contributed by atoms with van der Waals surface area (Å²) in [6.45, 7) is 3.27. The van der Waals surface area contributed by atoms with E-state index in [1.165, 1.54) is 31.7 Å². The van der Waals surface area contributed by atoms with Crippen molar-refractivity contribution in [2.75, 3.05) is 12.5 Å². The summed E-state index contributed by atoms with van der Waals surface area (Å²) in [7, 11) is -5.36. The average molecular weight is 521 g/mol. The van der Waals surface area contributed by atoms with Gasteiger partial charge >= 0.3 is 6.18 Å². The van der Waals surface area contributed by atoms with E-state index < -0.39 is 36.6 Å². The third-order valence-electron chi connectivity index (χ3n) is 4.52. The van der Waals surface area contributed by atoms with E-state index in [1.807, 2.05) is 0 Å². The zero-order valence-corrected chi connectivity index (χ0v) is 20.3. The van der Waals surface area contributed by atoms with Gasteiger partial charge in [0.1, 0.15) is 10.8 Å². The predicted molar refractivity (Wildman–Crippen MR) is 120 cm³/mol. The first-order chi connectivity index (χ1) is 15.2. The lowest BCUT2D eigenvalue weighted by molar-refractivity contribution is -0.141. The van der Waals surface area contributed by atoms with Gasteiger partial charge in [-0.2, -0.15) is 23.7 Å². The molecule has 0 radical (unpaired) electrons. The van der Waals surface area contributed by atoms with Gasteiger partial charge in [0.05, 0.1) is 30.0 Å². The van der Waals surface area contributed by atoms with Crippen LogP contribution in [-0.4, -0.2) is 30.9 Å². The Morgan fingerprint density at radius 3 is 1.64 bits per heavy atom. The molecule has 0 fully saturated rings. The Balaban J connectivity index is 0.000000335. The lowest BCUT2D eigenvalue weighted by Crippen LogP contribution is -2.11. The van der Waals surface area contributed by atoms with Gasteiger partial charge in [-0.25, -0.2) is 13.4 Å². The topological polar surface area (TPSA) is 132 Å². The summed E-state index contributed by atoms with van der Waals surface area (Å²) < 4.78 is 67.5. The molecule has 2 aromatic rings. The van der Waals surface area contributed by atoms with E-state index in [9.17, 15) is 21.6 Å². The molecule has 0 aliphatic carbocycles. The molecule has 2 rings (SSSR count). The molecule has 2 aromatic heterocycles. The fourth-order valence-corrected chi connectivity index (χ4v) is 4.31. The van der Waals surface area contributed by atoms with E-state index in [0.29, 0.717) is 10.7 Å². The Morgan fingerprint density at radius 1 is 0.909 bits per heavy atom. The minimum Gasteiger partial charge on any atom is -0.251 e. The van der Waals surface area contributed by atoms with Crippen molar-refractivity contribution in [2.24, 2.45) is 8.73 Å². The fourth-order valence-electron chi connectivity index (χ4n) is 2.27. The van der Waals surface area contributed by atoms with E-state index in [-0.39, 0.29) is 5.25 Å². The maximum Gasteiger partial charge on any atom is 0.433 e. The van der Waals surface area contributed by atoms with Crippen LogP contribution in [0.2, 0.25) is 5.15 Å². The Hall–Kier alpha value is -2.74. The summed E-state index contributed by atoms with van der Waals surface area (Å²) in [6, 6.07) is 5.36. The highest BCUT2D eigenvalue weighted by molar-refractivity contribution is 7.93. The van der Waals surface area contributed by atoms with Crippen molar-refractivity contribution >= 4 is 31.1 Å². The molecule has 0 aliphatic heterocycles. The third kappa shape index (κ3) is 8.28. The molecule has 0 aliphatic rings. The van der Waals surface area contributed by atoms with Crippen LogP contribution in [0.1, 0.15) is 41.2 Å². The molecule has 14 heteroatoms. The summed E-state index contributed by atoms with van der Waals surface area (Å²) in [5.41, 5.74) is 0.0821. The van der Waals surface area contributed by atoms with Crippen LogP contribution >= 0.6 is 11.6 Å². The van der Waals surface area contributed by atoms with E-state index in [4.69, 9.17) is 22.1 Å². The molecule has 0 saturated heterocycles. The van der Waals surface area contributed by atoms with E-state index in [0.717, 1.165) is 17.8 Å². The number of alkyl halides is 3. The van der Waals surface area contributed by atoms with Crippen LogP contribution in [0.25, 0.3) is 0 Å². The average Bonchev–Trinajstić information content (AvgIpc) is 2.73. The molecule has 0 spiro atoms. The second kappa shape index (κ2) is 11.4. The molecule has 4 atom stereocenters. The highest BCUT2D eigenvalue weighted by atomic mass is 35.5. The second-order valence-corrected chi connectivity index (χ2v) is 12.4. The maximum atomic E-state index is 12.3. The predicted octanol–water partition coefficient (Wildman–Crippen LogP) is 5.12. The van der Waals surface area contributed by atoms with Crippen molar-refractivity contribution in [1.82, 2.24) is 9.97 Å². The van der Waals surface area contributed by atoms with Crippen molar-refractivity contribution in [3.8, 4) is 12.4 Å². The van der Waals surface area contributed by atoms with E-state index in [1.54, 1.807) is 31.4 Å². The summed E-state index contributed by atoms with van der Waals surface area (Å²) in [4.78, 5) is 7.16. The number of hydrogen-bond acceptors (Lipinski definition) is 8. The summed E-state index contributed by atoms with van der Waals surface area (Å²) in [6.07, 6.45) is 3.79. The Labute approximate surface area is 195 Å². The summed E-state index contributed by atoms with van der Waals surface area (Å²) in [5.74, 6) is 0. The molecule has 4 unspecified atom stereocenters. The first-order valence-electron chi connectivity index (χ1n) is 8.98. The monoisotopic (exact) mass is 520 g/mol. The Bertz CT molecular complexity index is 1280. The molecule has 33 heavy (non-hydrogen) atoms. The van der Waals surface area contributed by atoms with Crippen LogP contribution in [0, 0.1) is 22.9 Å². The van der Waals surface area contributed by atoms with Gasteiger partial charge in [0.15, 0.2) is 0 Å². The van der Waals surface area contributed by atoms with Gasteiger partial charge in [-0.05, 0) is 37.1 Å². The Morgan fingerprint density at radius 2 is 1.33 bits per heavy atom. The molecule has 0 bridgehead atoms. The second-order valence-electron chi connectivity index (χ2n) is 6.78. The number of halogens is 4. The highest BCUT2D eigenvalue weighted by Crippen LogP contribution is 2.29. The van der Waals surface area contributed by atoms with Gasteiger partial charge in [0.25, 0.3) is 0 Å². The van der Waals surface area contributed by atoms with Gasteiger partial charge in [0.2, 0.25) is 12.4 Å². The van der Waals surface area contributed by atoms with Crippen molar-refractivity contribution in [3.05, 3.63) is 58.6 Å². The van der Waals surface area contributed by atoms with E-state index in [2.05, 4.69) is 18.7 Å². The number of rotatable bonds is 4. The van der Waals surface area contributed by atoms with Gasteiger partial charge < -0.3 is 0 Å². The van der Waals surface area contributed by atoms with Gasteiger partial charge in [-0.1, -0.05) is 23.7 Å². The van der Waals surface area contributed by atoms with Crippen molar-refractivity contribution in [2.45, 2.75) is 30.5 Å². The molecule has 0 aromatic carbocycles. The SMILES string of the molecule is CC(c1ccc(C(F)(F)F)nc1)S(C)(=O)=NC#N.CC(c1ccc(Cl)nc1)S(C)(=O)=NC#N. The molecule has 0 saturated carbocycles. The van der Waals surface area contributed by atoms with Crippen molar-refractivity contribution < 1.29 is 21.6 Å². The number of aromatic nitrogens is 2. The standard InChI is InChI=1S/C10H10F3N3OS.C9H10ClN3OS/c1-7(18(2,17)16-6-14)8-3-4-9(15-5-8)10(11,12)13;1-7(15(2,14)13-6-11)8-3-4-9(10)12-5-8/h3-5,7H,1-2H3;3-5,7H,1-2H3. The van der Waals surface area contributed by atoms with Crippen LogP contribution < -0.4 is 0 Å². The zero-order valence-electron chi connectivity index (χ0n) is 17.9. The zero-order chi connectivity index (χ0) is 25.4. The van der Waals surface area contributed by atoms with Crippen LogP contribution in [0.15, 0.2) is 45.4 Å². The summed E-state index contributed by atoms with van der Waals surface area (Å²) >= 11 is 5.63. The van der Waals surface area contributed by atoms with Crippen LogP contribution in [0.5, 0.6) is 0 Å². The quantitative estimate of drug-likeness (QED) is 0.406. The number of nitriles is 2. The fraction of sp³-hybridized carbons (Fsp3) is 0.368. The normalized spacial score (nSPS) is 16.3. The van der Waals surface area contributed by atoms with Gasteiger partial charge in [0, 0.05) is 24.9 Å². The third-order valence-corrected chi connectivity index (χ3v) is 8.80. The van der Waals surface area contributed by atoms with Crippen LogP contribution in [-0.2, 0) is 25.6 Å². The first kappa shape index (κ1) is 28.3. The highest BCUT2D eigenvalue weighted by Gasteiger charge is 2.32. The number of hydrogen-bond donors (Lipinski definition) is 0. The largest absolute Gasteiger partial charge is 0.433 e. The lowest BCUT2D eigenvalue weighted by Gasteiger charge is -2.13. The van der Waals surface area contributed by atoms with E-state index >= 15 is 0 Å². The number of nitrogens with zero attached hydrogens (tertiary/aromatic N) is 6. The molecular weight excluding hydrogens is 501 g/mol. The molecule has 178 valence electrons. The molecule has 8 nitrogen and oxygen atoms in total. The summed E-state index contributed by atoms with van der Waals surface area (Å²) in [5, 5.41) is 16.2. The van der Waals surface area contributed by atoms with Crippen LogP contribution in [0.4, 0.5) is 13.2 Å². The van der Waals surface area contributed by atoms with Crippen LogP contribution in [0.3, 0.4) is 0 Å². The first-order valence-corrected chi connectivity index (χ1v) is 13.3. The molecule has 2 heterocycles. The van der Waals surface area contributed by atoms with Gasteiger partial charge in [-0.15, -0.1) is 8.73 Å². The Kier molecular flexibility index (Phi) is 9.78.